The summed E-state index contributed by atoms with van der Waals surface area (Å²) in [4.78, 5) is 49.9. The van der Waals surface area contributed by atoms with E-state index in [1.807, 2.05) is 0 Å². The Morgan fingerprint density at radius 3 is 2.41 bits per heavy atom. The topological polar surface area (TPSA) is 102 Å². The van der Waals surface area contributed by atoms with Gasteiger partial charge in [0.1, 0.15) is 5.57 Å². The number of imide groups is 2. The SMILES string of the molecule is COC(=O)COc1c(Cl)cc(/C=C2\C(=O)NC(=O)N(c3ccc(Br)c(C)c3)C2=O)cc1Cl. The molecule has 11 heteroatoms. The quantitative estimate of drug-likeness (QED) is 0.344. The third kappa shape index (κ3) is 4.95. The molecule has 1 aliphatic heterocycles. The second kappa shape index (κ2) is 9.72. The summed E-state index contributed by atoms with van der Waals surface area (Å²) in [6.45, 7) is 1.40. The van der Waals surface area contributed by atoms with Gasteiger partial charge in [-0.3, -0.25) is 14.9 Å². The minimum Gasteiger partial charge on any atom is -0.479 e. The minimum atomic E-state index is -0.860. The number of amides is 4. The van der Waals surface area contributed by atoms with Gasteiger partial charge in [0.05, 0.1) is 22.8 Å². The molecule has 32 heavy (non-hydrogen) atoms. The van der Waals surface area contributed by atoms with Crippen LogP contribution in [0.3, 0.4) is 0 Å². The Bertz CT molecular complexity index is 1160. The molecule has 0 bridgehead atoms. The number of aryl methyl sites for hydroxylation is 1. The first-order chi connectivity index (χ1) is 15.1. The Kier molecular flexibility index (Phi) is 7.22. The molecule has 8 nitrogen and oxygen atoms in total. The minimum absolute atomic E-state index is 0.0439. The molecule has 4 amide bonds. The van der Waals surface area contributed by atoms with E-state index in [0.29, 0.717) is 11.3 Å². The lowest BCUT2D eigenvalue weighted by Gasteiger charge is -2.26. The van der Waals surface area contributed by atoms with Crippen LogP contribution in [0.5, 0.6) is 5.75 Å². The van der Waals surface area contributed by atoms with Gasteiger partial charge in [-0.2, -0.15) is 0 Å². The normalized spacial score (nSPS) is 15.1. The fourth-order valence-electron chi connectivity index (χ4n) is 2.82. The monoisotopic (exact) mass is 540 g/mol. The Morgan fingerprint density at radius 2 is 1.81 bits per heavy atom. The van der Waals surface area contributed by atoms with Crippen molar-refractivity contribution in [2.75, 3.05) is 18.6 Å². The molecule has 1 heterocycles. The van der Waals surface area contributed by atoms with Crippen LogP contribution in [0.2, 0.25) is 10.0 Å². The van der Waals surface area contributed by atoms with E-state index >= 15 is 0 Å². The molecule has 1 fully saturated rings. The average Bonchev–Trinajstić information content (AvgIpc) is 2.72. The number of hydrogen-bond acceptors (Lipinski definition) is 6. The lowest BCUT2D eigenvalue weighted by atomic mass is 10.1. The molecule has 1 saturated heterocycles. The molecule has 0 saturated carbocycles. The average molecular weight is 542 g/mol. The number of nitrogens with zero attached hydrogens (tertiary/aromatic N) is 1. The zero-order chi connectivity index (χ0) is 23.6. The standard InChI is InChI=1S/C21H15BrCl2N2O6/c1-10-5-12(3-4-14(10)22)26-20(29)13(19(28)25-21(26)30)6-11-7-15(23)18(16(24)8-11)32-9-17(27)31-2/h3-8H,9H2,1-2H3,(H,25,28,30)/b13-6+. The summed E-state index contributed by atoms with van der Waals surface area (Å²) in [6, 6.07) is 6.84. The van der Waals surface area contributed by atoms with Crippen LogP contribution in [0.1, 0.15) is 11.1 Å². The van der Waals surface area contributed by atoms with Crippen molar-refractivity contribution in [2.24, 2.45) is 0 Å². The van der Waals surface area contributed by atoms with E-state index in [9.17, 15) is 19.2 Å². The lowest BCUT2D eigenvalue weighted by Crippen LogP contribution is -2.54. The largest absolute Gasteiger partial charge is 0.479 e. The third-order valence-corrected chi connectivity index (χ3v) is 5.85. The number of urea groups is 1. The van der Waals surface area contributed by atoms with Gasteiger partial charge in [0.15, 0.2) is 12.4 Å². The maximum Gasteiger partial charge on any atom is 0.343 e. The van der Waals surface area contributed by atoms with Gasteiger partial charge in [-0.15, -0.1) is 0 Å². The van der Waals surface area contributed by atoms with Crippen molar-refractivity contribution < 1.29 is 28.7 Å². The fraction of sp³-hybridized carbons (Fsp3) is 0.143. The number of carbonyl (C=O) groups excluding carboxylic acids is 4. The predicted molar refractivity (Wildman–Crippen MR) is 122 cm³/mol. The summed E-state index contributed by atoms with van der Waals surface area (Å²) >= 11 is 15.7. The van der Waals surface area contributed by atoms with E-state index in [2.05, 4.69) is 26.0 Å². The Labute approximate surface area is 201 Å². The van der Waals surface area contributed by atoms with E-state index in [-0.39, 0.29) is 21.4 Å². The number of benzene rings is 2. The predicted octanol–water partition coefficient (Wildman–Crippen LogP) is 4.28. The van der Waals surface area contributed by atoms with E-state index in [1.165, 1.54) is 25.3 Å². The first-order valence-electron chi connectivity index (χ1n) is 8.98. The van der Waals surface area contributed by atoms with E-state index in [4.69, 9.17) is 27.9 Å². The highest BCUT2D eigenvalue weighted by Gasteiger charge is 2.37. The molecule has 0 radical (unpaired) electrons. The summed E-state index contributed by atoms with van der Waals surface area (Å²) in [6.07, 6.45) is 1.25. The maximum atomic E-state index is 13.0. The van der Waals surface area contributed by atoms with Gasteiger partial charge in [-0.25, -0.2) is 14.5 Å². The number of nitrogens with one attached hydrogen (secondary N) is 1. The zero-order valence-corrected chi connectivity index (χ0v) is 19.8. The van der Waals surface area contributed by atoms with Gasteiger partial charge in [0.2, 0.25) is 0 Å². The van der Waals surface area contributed by atoms with Crippen molar-refractivity contribution >= 4 is 74.7 Å². The van der Waals surface area contributed by atoms with Crippen molar-refractivity contribution in [3.8, 4) is 5.75 Å². The second-order valence-corrected chi connectivity index (χ2v) is 8.24. The number of anilines is 1. The van der Waals surface area contributed by atoms with Crippen molar-refractivity contribution in [1.29, 1.82) is 0 Å². The van der Waals surface area contributed by atoms with Crippen molar-refractivity contribution in [1.82, 2.24) is 5.32 Å². The van der Waals surface area contributed by atoms with Crippen molar-refractivity contribution in [3.63, 3.8) is 0 Å². The Morgan fingerprint density at radius 1 is 1.16 bits per heavy atom. The molecule has 1 aliphatic rings. The summed E-state index contributed by atoms with van der Waals surface area (Å²) < 4.78 is 10.5. The van der Waals surface area contributed by atoms with Crippen LogP contribution in [0, 0.1) is 6.92 Å². The zero-order valence-electron chi connectivity index (χ0n) is 16.7. The van der Waals surface area contributed by atoms with Crippen LogP contribution in [0.25, 0.3) is 6.08 Å². The molecule has 166 valence electrons. The van der Waals surface area contributed by atoms with E-state index < -0.39 is 30.4 Å². The van der Waals surface area contributed by atoms with Crippen LogP contribution in [0.4, 0.5) is 10.5 Å². The number of halogens is 3. The first-order valence-corrected chi connectivity index (χ1v) is 10.5. The number of carbonyl (C=O) groups is 4. The number of barbiturate groups is 1. The van der Waals surface area contributed by atoms with Crippen LogP contribution >= 0.6 is 39.1 Å². The van der Waals surface area contributed by atoms with Crippen LogP contribution in [-0.4, -0.2) is 37.5 Å². The molecule has 0 aromatic heterocycles. The molecular formula is C21H15BrCl2N2O6. The fourth-order valence-corrected chi connectivity index (χ4v) is 3.68. The highest BCUT2D eigenvalue weighted by atomic mass is 79.9. The number of hydrogen-bond donors (Lipinski definition) is 1. The van der Waals surface area contributed by atoms with Gasteiger partial charge in [-0.05, 0) is 54.5 Å². The summed E-state index contributed by atoms with van der Waals surface area (Å²) in [5, 5.41) is 2.25. The Balaban J connectivity index is 1.95. The highest BCUT2D eigenvalue weighted by Crippen LogP contribution is 2.35. The van der Waals surface area contributed by atoms with Gasteiger partial charge in [0, 0.05) is 4.47 Å². The maximum absolute atomic E-state index is 13.0. The third-order valence-electron chi connectivity index (χ3n) is 4.40. The van der Waals surface area contributed by atoms with Gasteiger partial charge in [-0.1, -0.05) is 39.1 Å². The molecule has 0 spiro atoms. The van der Waals surface area contributed by atoms with Gasteiger partial charge in [0.25, 0.3) is 11.8 Å². The molecular weight excluding hydrogens is 527 g/mol. The van der Waals surface area contributed by atoms with Crippen LogP contribution in [0.15, 0.2) is 40.4 Å². The van der Waals surface area contributed by atoms with E-state index in [1.54, 1.807) is 25.1 Å². The molecule has 0 atom stereocenters. The van der Waals surface area contributed by atoms with Crippen LogP contribution < -0.4 is 15.0 Å². The molecule has 2 aromatic carbocycles. The molecule has 2 aromatic rings. The van der Waals surface area contributed by atoms with Gasteiger partial charge >= 0.3 is 12.0 Å². The molecule has 3 rings (SSSR count). The second-order valence-electron chi connectivity index (χ2n) is 6.57. The smallest absolute Gasteiger partial charge is 0.343 e. The highest BCUT2D eigenvalue weighted by molar-refractivity contribution is 9.10. The molecule has 0 aliphatic carbocycles. The number of rotatable bonds is 5. The Hall–Kier alpha value is -2.88. The van der Waals surface area contributed by atoms with Gasteiger partial charge < -0.3 is 9.47 Å². The summed E-state index contributed by atoms with van der Waals surface area (Å²) in [5.74, 6) is -2.25. The molecule has 1 N–H and O–H groups in total. The summed E-state index contributed by atoms with van der Waals surface area (Å²) in [5.41, 5.74) is 1.12. The number of ether oxygens (including phenoxy) is 2. The first kappa shape index (κ1) is 23.8. The lowest BCUT2D eigenvalue weighted by molar-refractivity contribution is -0.143. The molecule has 0 unspecified atom stereocenters. The number of methoxy groups -OCH3 is 1. The summed E-state index contributed by atoms with van der Waals surface area (Å²) in [7, 11) is 1.21. The van der Waals surface area contributed by atoms with E-state index in [0.717, 1.165) is 14.9 Å². The van der Waals surface area contributed by atoms with Crippen molar-refractivity contribution in [3.05, 3.63) is 61.5 Å². The van der Waals surface area contributed by atoms with Crippen molar-refractivity contribution in [2.45, 2.75) is 6.92 Å². The van der Waals surface area contributed by atoms with Crippen LogP contribution in [-0.2, 0) is 19.1 Å². The number of esters is 1.